The number of rotatable bonds is 5. The van der Waals surface area contributed by atoms with Gasteiger partial charge in [-0.05, 0) is 18.6 Å². The van der Waals surface area contributed by atoms with Gasteiger partial charge in [0.15, 0.2) is 0 Å². The SMILES string of the molecule is CCc1nnc(NC(=O)Cc2coc3cc(OC)ccc23)s1. The molecule has 0 radical (unpaired) electrons. The van der Waals surface area contributed by atoms with Crippen LogP contribution in [0.25, 0.3) is 11.0 Å². The predicted octanol–water partition coefficient (Wildman–Crippen LogP) is 3.04. The first-order valence-electron chi connectivity index (χ1n) is 6.86. The zero-order valence-corrected chi connectivity index (χ0v) is 13.1. The molecule has 114 valence electrons. The van der Waals surface area contributed by atoms with Crippen molar-refractivity contribution in [3.8, 4) is 5.75 Å². The maximum absolute atomic E-state index is 12.1. The molecule has 0 fully saturated rings. The Kier molecular flexibility index (Phi) is 4.06. The van der Waals surface area contributed by atoms with E-state index in [4.69, 9.17) is 9.15 Å². The van der Waals surface area contributed by atoms with Crippen molar-refractivity contribution in [3.63, 3.8) is 0 Å². The maximum Gasteiger partial charge on any atom is 0.230 e. The Morgan fingerprint density at radius 2 is 2.27 bits per heavy atom. The number of amides is 1. The molecule has 1 amide bonds. The number of furan rings is 1. The van der Waals surface area contributed by atoms with Crippen molar-refractivity contribution in [2.75, 3.05) is 12.4 Å². The molecule has 0 spiro atoms. The summed E-state index contributed by atoms with van der Waals surface area (Å²) in [6, 6.07) is 5.53. The van der Waals surface area contributed by atoms with E-state index in [0.717, 1.165) is 28.1 Å². The van der Waals surface area contributed by atoms with Crippen LogP contribution in [0, 0.1) is 0 Å². The molecule has 1 N–H and O–H groups in total. The summed E-state index contributed by atoms with van der Waals surface area (Å²) in [7, 11) is 1.60. The molecule has 0 aliphatic carbocycles. The van der Waals surface area contributed by atoms with Crippen molar-refractivity contribution in [3.05, 3.63) is 35.0 Å². The fraction of sp³-hybridized carbons (Fsp3) is 0.267. The van der Waals surface area contributed by atoms with E-state index >= 15 is 0 Å². The second-order valence-electron chi connectivity index (χ2n) is 4.70. The normalized spacial score (nSPS) is 10.8. The highest BCUT2D eigenvalue weighted by atomic mass is 32.1. The van der Waals surface area contributed by atoms with Crippen molar-refractivity contribution in [1.29, 1.82) is 0 Å². The van der Waals surface area contributed by atoms with Crippen LogP contribution in [0.3, 0.4) is 0 Å². The zero-order valence-electron chi connectivity index (χ0n) is 12.3. The van der Waals surface area contributed by atoms with Crippen molar-refractivity contribution >= 4 is 33.3 Å². The lowest BCUT2D eigenvalue weighted by Crippen LogP contribution is -2.13. The molecule has 0 bridgehead atoms. The minimum atomic E-state index is -0.141. The molecule has 0 saturated carbocycles. The summed E-state index contributed by atoms with van der Waals surface area (Å²) < 4.78 is 10.6. The van der Waals surface area contributed by atoms with E-state index in [0.29, 0.717) is 10.7 Å². The lowest BCUT2D eigenvalue weighted by molar-refractivity contribution is -0.115. The van der Waals surface area contributed by atoms with Crippen molar-refractivity contribution in [2.24, 2.45) is 0 Å². The third-order valence-corrected chi connectivity index (χ3v) is 4.21. The predicted molar refractivity (Wildman–Crippen MR) is 84.4 cm³/mol. The van der Waals surface area contributed by atoms with Gasteiger partial charge in [0.05, 0.1) is 19.8 Å². The molecular formula is C15H15N3O3S. The molecule has 22 heavy (non-hydrogen) atoms. The summed E-state index contributed by atoms with van der Waals surface area (Å²) in [6.07, 6.45) is 2.63. The van der Waals surface area contributed by atoms with Crippen LogP contribution in [0.15, 0.2) is 28.9 Å². The van der Waals surface area contributed by atoms with Crippen LogP contribution in [-0.2, 0) is 17.6 Å². The number of hydrogen-bond acceptors (Lipinski definition) is 6. The molecule has 6 nitrogen and oxygen atoms in total. The van der Waals surface area contributed by atoms with Crippen LogP contribution in [0.4, 0.5) is 5.13 Å². The molecular weight excluding hydrogens is 302 g/mol. The van der Waals surface area contributed by atoms with Gasteiger partial charge in [0, 0.05) is 17.0 Å². The van der Waals surface area contributed by atoms with Crippen molar-refractivity contribution in [1.82, 2.24) is 10.2 Å². The first-order valence-corrected chi connectivity index (χ1v) is 7.67. The van der Waals surface area contributed by atoms with Gasteiger partial charge in [0.25, 0.3) is 0 Å². The third-order valence-electron chi connectivity index (χ3n) is 3.23. The number of carbonyl (C=O) groups excluding carboxylic acids is 1. The number of anilines is 1. The second kappa shape index (κ2) is 6.15. The Morgan fingerprint density at radius 3 is 3.00 bits per heavy atom. The van der Waals surface area contributed by atoms with Crippen molar-refractivity contribution in [2.45, 2.75) is 19.8 Å². The average Bonchev–Trinajstić information content (AvgIpc) is 3.14. The van der Waals surface area contributed by atoms with Gasteiger partial charge in [-0.25, -0.2) is 0 Å². The molecule has 3 aromatic rings. The Bertz CT molecular complexity index is 809. The van der Waals surface area contributed by atoms with Crippen LogP contribution >= 0.6 is 11.3 Å². The number of aryl methyl sites for hydroxylation is 1. The van der Waals surface area contributed by atoms with Gasteiger partial charge in [0.2, 0.25) is 11.0 Å². The molecule has 0 atom stereocenters. The van der Waals surface area contributed by atoms with E-state index in [-0.39, 0.29) is 12.3 Å². The largest absolute Gasteiger partial charge is 0.497 e. The molecule has 2 aromatic heterocycles. The highest BCUT2D eigenvalue weighted by molar-refractivity contribution is 7.15. The number of aromatic nitrogens is 2. The summed E-state index contributed by atoms with van der Waals surface area (Å²) in [5.41, 5.74) is 1.53. The number of nitrogens with zero attached hydrogens (tertiary/aromatic N) is 2. The number of methoxy groups -OCH3 is 1. The molecule has 0 aliphatic rings. The molecule has 0 saturated heterocycles. The van der Waals surface area contributed by atoms with Gasteiger partial charge < -0.3 is 14.5 Å². The number of hydrogen-bond donors (Lipinski definition) is 1. The fourth-order valence-electron chi connectivity index (χ4n) is 2.11. The fourth-order valence-corrected chi connectivity index (χ4v) is 2.81. The topological polar surface area (TPSA) is 77.3 Å². The Balaban J connectivity index is 1.73. The van der Waals surface area contributed by atoms with Crippen LogP contribution in [0.1, 0.15) is 17.5 Å². The van der Waals surface area contributed by atoms with Gasteiger partial charge in [0.1, 0.15) is 16.3 Å². The smallest absolute Gasteiger partial charge is 0.230 e. The summed E-state index contributed by atoms with van der Waals surface area (Å²) in [5, 5.41) is 13.0. The minimum Gasteiger partial charge on any atom is -0.497 e. The van der Waals surface area contributed by atoms with E-state index < -0.39 is 0 Å². The van der Waals surface area contributed by atoms with E-state index in [2.05, 4.69) is 15.5 Å². The first-order chi connectivity index (χ1) is 10.7. The van der Waals surface area contributed by atoms with Crippen molar-refractivity contribution < 1.29 is 13.9 Å². The van der Waals surface area contributed by atoms with Crippen LogP contribution in [-0.4, -0.2) is 23.2 Å². The van der Waals surface area contributed by atoms with Gasteiger partial charge in [-0.3, -0.25) is 4.79 Å². The second-order valence-corrected chi connectivity index (χ2v) is 5.76. The van der Waals surface area contributed by atoms with E-state index in [1.54, 1.807) is 19.4 Å². The number of benzene rings is 1. The Morgan fingerprint density at radius 1 is 1.41 bits per heavy atom. The Hall–Kier alpha value is -2.41. The summed E-state index contributed by atoms with van der Waals surface area (Å²) in [5.74, 6) is 0.580. The molecule has 7 heteroatoms. The third kappa shape index (κ3) is 2.94. The molecule has 0 aliphatic heterocycles. The summed E-state index contributed by atoms with van der Waals surface area (Å²) in [4.78, 5) is 12.1. The van der Waals surface area contributed by atoms with Gasteiger partial charge in [-0.1, -0.05) is 18.3 Å². The van der Waals surface area contributed by atoms with Gasteiger partial charge >= 0.3 is 0 Å². The number of nitrogens with one attached hydrogen (secondary N) is 1. The molecule has 1 aromatic carbocycles. The maximum atomic E-state index is 12.1. The average molecular weight is 317 g/mol. The highest BCUT2D eigenvalue weighted by Crippen LogP contribution is 2.26. The van der Waals surface area contributed by atoms with Crippen LogP contribution in [0.2, 0.25) is 0 Å². The number of carbonyl (C=O) groups is 1. The summed E-state index contributed by atoms with van der Waals surface area (Å²) >= 11 is 1.39. The minimum absolute atomic E-state index is 0.141. The number of ether oxygens (including phenoxy) is 1. The van der Waals surface area contributed by atoms with E-state index in [9.17, 15) is 4.79 Å². The lowest BCUT2D eigenvalue weighted by Gasteiger charge is -2.01. The molecule has 0 unspecified atom stereocenters. The lowest BCUT2D eigenvalue weighted by atomic mass is 10.1. The van der Waals surface area contributed by atoms with Crippen LogP contribution < -0.4 is 10.1 Å². The standard InChI is InChI=1S/C15H15N3O3S/c1-3-14-17-18-15(22-14)16-13(19)6-9-8-21-12-7-10(20-2)4-5-11(9)12/h4-5,7-8H,3,6H2,1-2H3,(H,16,18,19). The quantitative estimate of drug-likeness (QED) is 0.782. The van der Waals surface area contributed by atoms with Gasteiger partial charge in [-0.15, -0.1) is 10.2 Å². The molecule has 2 heterocycles. The number of fused-ring (bicyclic) bond motifs is 1. The first kappa shape index (κ1) is 14.5. The monoisotopic (exact) mass is 317 g/mol. The highest BCUT2D eigenvalue weighted by Gasteiger charge is 2.13. The summed E-state index contributed by atoms with van der Waals surface area (Å²) in [6.45, 7) is 2.00. The van der Waals surface area contributed by atoms with Gasteiger partial charge in [-0.2, -0.15) is 0 Å². The van der Waals surface area contributed by atoms with E-state index in [1.807, 2.05) is 19.1 Å². The molecule has 3 rings (SSSR count). The van der Waals surface area contributed by atoms with Crippen LogP contribution in [0.5, 0.6) is 5.75 Å². The zero-order chi connectivity index (χ0) is 15.5. The Labute approximate surface area is 131 Å². The van der Waals surface area contributed by atoms with E-state index in [1.165, 1.54) is 11.3 Å².